The zero-order chi connectivity index (χ0) is 16.1. The Balaban J connectivity index is 1.96. The van der Waals surface area contributed by atoms with Crippen molar-refractivity contribution < 1.29 is 18.3 Å². The number of aromatic nitrogens is 2. The number of carbonyl (C=O) groups excluding carboxylic acids is 1. The molecule has 22 heavy (non-hydrogen) atoms. The lowest BCUT2D eigenvalue weighted by Gasteiger charge is -2.11. The first kappa shape index (κ1) is 16.3. The van der Waals surface area contributed by atoms with E-state index in [2.05, 4.69) is 10.2 Å². The van der Waals surface area contributed by atoms with E-state index < -0.39 is 11.9 Å². The van der Waals surface area contributed by atoms with E-state index in [1.54, 1.807) is 33.2 Å². The number of thioether (sulfide) groups is 1. The lowest BCUT2D eigenvalue weighted by atomic mass is 10.3. The maximum atomic E-state index is 13.5. The molecule has 0 spiro atoms. The summed E-state index contributed by atoms with van der Waals surface area (Å²) in [6.45, 7) is 1.68. The Bertz CT molecular complexity index is 648. The second-order valence-electron chi connectivity index (χ2n) is 4.67. The van der Waals surface area contributed by atoms with E-state index in [9.17, 15) is 9.18 Å². The highest BCUT2D eigenvalue weighted by Crippen LogP contribution is 2.25. The Morgan fingerprint density at radius 3 is 2.82 bits per heavy atom. The van der Waals surface area contributed by atoms with Crippen LogP contribution in [0.5, 0.6) is 5.75 Å². The predicted octanol–water partition coefficient (Wildman–Crippen LogP) is 2.53. The Labute approximate surface area is 131 Å². The van der Waals surface area contributed by atoms with Crippen molar-refractivity contribution >= 4 is 17.7 Å². The van der Waals surface area contributed by atoms with Gasteiger partial charge in [-0.05, 0) is 19.1 Å². The number of amides is 1. The third kappa shape index (κ3) is 4.20. The van der Waals surface area contributed by atoms with Crippen LogP contribution in [0.4, 0.5) is 4.39 Å². The largest absolute Gasteiger partial charge is 0.478 e. The van der Waals surface area contributed by atoms with Gasteiger partial charge in [0.05, 0.1) is 5.75 Å². The molecule has 0 fully saturated rings. The molecule has 1 heterocycles. The maximum absolute atomic E-state index is 13.5. The minimum absolute atomic E-state index is 0.0552. The van der Waals surface area contributed by atoms with E-state index in [-0.39, 0.29) is 28.5 Å². The standard InChI is InChI=1S/C14H16FN3O3S/c1-9(20-11-7-5-4-6-10(11)15)13-16-17-14(21-13)22-8-12(19)18(2)3/h4-7,9H,8H2,1-3H3/t9-/m0/s1. The number of para-hydroxylation sites is 1. The van der Waals surface area contributed by atoms with Crippen molar-refractivity contribution in [2.24, 2.45) is 0 Å². The molecule has 2 aromatic rings. The van der Waals surface area contributed by atoms with Gasteiger partial charge in [-0.15, -0.1) is 10.2 Å². The molecule has 0 bridgehead atoms. The van der Waals surface area contributed by atoms with Crippen molar-refractivity contribution in [1.29, 1.82) is 0 Å². The van der Waals surface area contributed by atoms with Crippen LogP contribution in [0.3, 0.4) is 0 Å². The number of ether oxygens (including phenoxy) is 1. The van der Waals surface area contributed by atoms with Gasteiger partial charge in [-0.25, -0.2) is 4.39 Å². The summed E-state index contributed by atoms with van der Waals surface area (Å²) in [4.78, 5) is 13.0. The summed E-state index contributed by atoms with van der Waals surface area (Å²) in [5.41, 5.74) is 0. The van der Waals surface area contributed by atoms with Crippen LogP contribution in [0.1, 0.15) is 18.9 Å². The molecular weight excluding hydrogens is 309 g/mol. The Morgan fingerprint density at radius 1 is 1.41 bits per heavy atom. The van der Waals surface area contributed by atoms with E-state index in [0.29, 0.717) is 0 Å². The number of nitrogens with zero attached hydrogens (tertiary/aromatic N) is 3. The molecule has 2 rings (SSSR count). The van der Waals surface area contributed by atoms with Crippen molar-refractivity contribution in [2.45, 2.75) is 18.3 Å². The van der Waals surface area contributed by atoms with Crippen LogP contribution in [0.25, 0.3) is 0 Å². The molecule has 118 valence electrons. The SMILES string of the molecule is C[C@H](Oc1ccccc1F)c1nnc(SCC(=O)N(C)C)o1. The molecule has 0 radical (unpaired) electrons. The molecule has 1 amide bonds. The first-order valence-corrected chi connectivity index (χ1v) is 7.53. The van der Waals surface area contributed by atoms with Gasteiger partial charge < -0.3 is 14.1 Å². The summed E-state index contributed by atoms with van der Waals surface area (Å²) in [5, 5.41) is 7.96. The summed E-state index contributed by atoms with van der Waals surface area (Å²) in [6.07, 6.45) is -0.594. The molecule has 8 heteroatoms. The smallest absolute Gasteiger partial charge is 0.277 e. The molecular formula is C14H16FN3O3S. The third-order valence-electron chi connectivity index (χ3n) is 2.73. The van der Waals surface area contributed by atoms with Crippen LogP contribution in [0.15, 0.2) is 33.9 Å². The second-order valence-corrected chi connectivity index (χ2v) is 5.60. The van der Waals surface area contributed by atoms with Crippen molar-refractivity contribution in [3.8, 4) is 5.75 Å². The molecule has 6 nitrogen and oxygen atoms in total. The summed E-state index contributed by atoms with van der Waals surface area (Å²) >= 11 is 1.14. The van der Waals surface area contributed by atoms with Crippen molar-refractivity contribution in [2.75, 3.05) is 19.8 Å². The van der Waals surface area contributed by atoms with Crippen molar-refractivity contribution in [3.63, 3.8) is 0 Å². The van der Waals surface area contributed by atoms with Gasteiger partial charge in [0.1, 0.15) is 0 Å². The normalized spacial score (nSPS) is 12.0. The molecule has 0 aliphatic heterocycles. The van der Waals surface area contributed by atoms with Crippen LogP contribution < -0.4 is 4.74 Å². The number of carbonyl (C=O) groups is 1. The average molecular weight is 325 g/mol. The van der Waals surface area contributed by atoms with Crippen molar-refractivity contribution in [3.05, 3.63) is 36.0 Å². The molecule has 0 aliphatic rings. The van der Waals surface area contributed by atoms with Crippen molar-refractivity contribution in [1.82, 2.24) is 15.1 Å². The second kappa shape index (κ2) is 7.26. The van der Waals surface area contributed by atoms with Gasteiger partial charge in [-0.2, -0.15) is 0 Å². The van der Waals surface area contributed by atoms with Gasteiger partial charge >= 0.3 is 0 Å². The Morgan fingerprint density at radius 2 is 2.14 bits per heavy atom. The molecule has 1 aromatic carbocycles. The average Bonchev–Trinajstić information content (AvgIpc) is 2.96. The highest BCUT2D eigenvalue weighted by molar-refractivity contribution is 7.99. The topological polar surface area (TPSA) is 68.5 Å². The zero-order valence-corrected chi connectivity index (χ0v) is 13.3. The highest BCUT2D eigenvalue weighted by atomic mass is 32.2. The number of hydrogen-bond acceptors (Lipinski definition) is 6. The molecule has 0 saturated carbocycles. The Kier molecular flexibility index (Phi) is 5.37. The number of hydrogen-bond donors (Lipinski definition) is 0. The van der Waals surface area contributed by atoms with Gasteiger partial charge in [-0.3, -0.25) is 4.79 Å². The molecule has 0 saturated heterocycles. The molecule has 0 N–H and O–H groups in total. The molecule has 1 atom stereocenters. The van der Waals surface area contributed by atoms with Gasteiger partial charge in [0, 0.05) is 14.1 Å². The predicted molar refractivity (Wildman–Crippen MR) is 79.2 cm³/mol. The first-order valence-electron chi connectivity index (χ1n) is 6.55. The van der Waals surface area contributed by atoms with E-state index in [1.165, 1.54) is 17.0 Å². The van der Waals surface area contributed by atoms with E-state index in [0.717, 1.165) is 11.8 Å². The fraction of sp³-hybridized carbons (Fsp3) is 0.357. The fourth-order valence-corrected chi connectivity index (χ4v) is 2.22. The van der Waals surface area contributed by atoms with E-state index in [1.807, 2.05) is 0 Å². The first-order chi connectivity index (χ1) is 10.5. The van der Waals surface area contributed by atoms with Crippen LogP contribution in [-0.4, -0.2) is 40.9 Å². The minimum atomic E-state index is -0.594. The number of halogens is 1. The molecule has 1 aromatic heterocycles. The highest BCUT2D eigenvalue weighted by Gasteiger charge is 2.18. The minimum Gasteiger partial charge on any atom is -0.478 e. The van der Waals surface area contributed by atoms with Gasteiger partial charge in [0.15, 0.2) is 17.7 Å². The Hall–Kier alpha value is -2.09. The van der Waals surface area contributed by atoms with E-state index >= 15 is 0 Å². The lowest BCUT2D eigenvalue weighted by Crippen LogP contribution is -2.23. The summed E-state index contributed by atoms with van der Waals surface area (Å²) in [6, 6.07) is 6.08. The maximum Gasteiger partial charge on any atom is 0.277 e. The van der Waals surface area contributed by atoms with Gasteiger partial charge in [0.2, 0.25) is 5.91 Å². The third-order valence-corrected chi connectivity index (χ3v) is 3.53. The summed E-state index contributed by atoms with van der Waals surface area (Å²) in [7, 11) is 3.35. The number of benzene rings is 1. The molecule has 0 aliphatic carbocycles. The number of rotatable bonds is 6. The van der Waals surface area contributed by atoms with Crippen LogP contribution in [-0.2, 0) is 4.79 Å². The zero-order valence-electron chi connectivity index (χ0n) is 12.4. The quantitative estimate of drug-likeness (QED) is 0.760. The summed E-state index contributed by atoms with van der Waals surface area (Å²) < 4.78 is 24.4. The fourth-order valence-electron chi connectivity index (χ4n) is 1.48. The molecule has 0 unspecified atom stereocenters. The van der Waals surface area contributed by atoms with Crippen LogP contribution in [0, 0.1) is 5.82 Å². The van der Waals surface area contributed by atoms with Gasteiger partial charge in [0.25, 0.3) is 11.1 Å². The van der Waals surface area contributed by atoms with Crippen LogP contribution >= 0.6 is 11.8 Å². The van der Waals surface area contributed by atoms with E-state index in [4.69, 9.17) is 9.15 Å². The lowest BCUT2D eigenvalue weighted by molar-refractivity contribution is -0.125. The summed E-state index contributed by atoms with van der Waals surface area (Å²) in [5.74, 6) is 0.0330. The monoisotopic (exact) mass is 325 g/mol. The van der Waals surface area contributed by atoms with Crippen LogP contribution in [0.2, 0.25) is 0 Å². The van der Waals surface area contributed by atoms with Gasteiger partial charge in [-0.1, -0.05) is 23.9 Å².